The zero-order valence-electron chi connectivity index (χ0n) is 10.3. The molecule has 1 atom stereocenters. The van der Waals surface area contributed by atoms with Crippen LogP contribution < -0.4 is 5.32 Å². The lowest BCUT2D eigenvalue weighted by molar-refractivity contribution is -0.141. The molecule has 0 spiro atoms. The topological polar surface area (TPSA) is 66.4 Å². The SMILES string of the molecule is CC(=O)NC(Cc1ccc(C)c(C)c1)C(=O)O. The number of carboxylic acid groups (broad SMARTS) is 1. The molecule has 4 heteroatoms. The summed E-state index contributed by atoms with van der Waals surface area (Å²) >= 11 is 0. The van der Waals surface area contributed by atoms with Crippen molar-refractivity contribution in [3.8, 4) is 0 Å². The van der Waals surface area contributed by atoms with E-state index in [0.717, 1.165) is 11.1 Å². The molecule has 0 aliphatic carbocycles. The molecule has 1 amide bonds. The summed E-state index contributed by atoms with van der Waals surface area (Å²) in [5.41, 5.74) is 3.20. The number of carbonyl (C=O) groups is 2. The van der Waals surface area contributed by atoms with E-state index in [0.29, 0.717) is 6.42 Å². The lowest BCUT2D eigenvalue weighted by Crippen LogP contribution is -2.41. The average molecular weight is 235 g/mol. The Hall–Kier alpha value is -1.84. The largest absolute Gasteiger partial charge is 0.480 e. The van der Waals surface area contributed by atoms with Crippen molar-refractivity contribution in [2.24, 2.45) is 0 Å². The van der Waals surface area contributed by atoms with E-state index in [1.807, 2.05) is 32.0 Å². The number of aryl methyl sites for hydroxylation is 2. The van der Waals surface area contributed by atoms with Crippen LogP contribution in [0.1, 0.15) is 23.6 Å². The fourth-order valence-corrected chi connectivity index (χ4v) is 1.61. The van der Waals surface area contributed by atoms with Gasteiger partial charge in [0.1, 0.15) is 6.04 Å². The summed E-state index contributed by atoms with van der Waals surface area (Å²) in [6, 6.07) is 4.93. The van der Waals surface area contributed by atoms with Gasteiger partial charge >= 0.3 is 5.97 Å². The van der Waals surface area contributed by atoms with E-state index in [-0.39, 0.29) is 5.91 Å². The molecule has 0 aliphatic heterocycles. The van der Waals surface area contributed by atoms with Crippen LogP contribution in [0, 0.1) is 13.8 Å². The lowest BCUT2D eigenvalue weighted by atomic mass is 10.0. The second-order valence-electron chi connectivity index (χ2n) is 4.21. The molecule has 1 unspecified atom stereocenters. The fraction of sp³-hybridized carbons (Fsp3) is 0.385. The van der Waals surface area contributed by atoms with E-state index in [1.165, 1.54) is 12.5 Å². The monoisotopic (exact) mass is 235 g/mol. The van der Waals surface area contributed by atoms with Gasteiger partial charge in [-0.05, 0) is 30.5 Å². The van der Waals surface area contributed by atoms with Crippen molar-refractivity contribution in [1.82, 2.24) is 5.32 Å². The Morgan fingerprint density at radius 2 is 1.94 bits per heavy atom. The van der Waals surface area contributed by atoms with Crippen LogP contribution in [0.5, 0.6) is 0 Å². The maximum atomic E-state index is 11.0. The van der Waals surface area contributed by atoms with Crippen LogP contribution >= 0.6 is 0 Å². The summed E-state index contributed by atoms with van der Waals surface area (Å²) in [7, 11) is 0. The maximum Gasteiger partial charge on any atom is 0.326 e. The van der Waals surface area contributed by atoms with Gasteiger partial charge in [0.15, 0.2) is 0 Å². The van der Waals surface area contributed by atoms with Crippen molar-refractivity contribution in [2.45, 2.75) is 33.2 Å². The van der Waals surface area contributed by atoms with Crippen LogP contribution in [-0.4, -0.2) is 23.0 Å². The standard InChI is InChI=1S/C13H17NO3/c1-8-4-5-11(6-9(8)2)7-12(13(16)17)14-10(3)15/h4-6,12H,7H2,1-3H3,(H,14,15)(H,16,17). The third kappa shape index (κ3) is 3.90. The van der Waals surface area contributed by atoms with Gasteiger partial charge in [-0.2, -0.15) is 0 Å². The molecular weight excluding hydrogens is 218 g/mol. The third-order valence-corrected chi connectivity index (χ3v) is 2.69. The van der Waals surface area contributed by atoms with Gasteiger partial charge < -0.3 is 10.4 Å². The van der Waals surface area contributed by atoms with Crippen LogP contribution in [0.25, 0.3) is 0 Å². The van der Waals surface area contributed by atoms with Gasteiger partial charge in [-0.25, -0.2) is 4.79 Å². The van der Waals surface area contributed by atoms with E-state index in [2.05, 4.69) is 5.32 Å². The van der Waals surface area contributed by atoms with Crippen molar-refractivity contribution in [3.05, 3.63) is 34.9 Å². The highest BCUT2D eigenvalue weighted by Crippen LogP contribution is 2.11. The molecule has 92 valence electrons. The number of amides is 1. The lowest BCUT2D eigenvalue weighted by Gasteiger charge is -2.14. The molecule has 0 aliphatic rings. The zero-order valence-corrected chi connectivity index (χ0v) is 10.3. The zero-order chi connectivity index (χ0) is 13.0. The molecule has 1 aromatic rings. The minimum absolute atomic E-state index is 0.302. The molecule has 2 N–H and O–H groups in total. The Morgan fingerprint density at radius 1 is 1.29 bits per heavy atom. The Labute approximate surface area is 101 Å². The highest BCUT2D eigenvalue weighted by Gasteiger charge is 2.18. The normalized spacial score (nSPS) is 11.9. The van der Waals surface area contributed by atoms with Gasteiger partial charge in [-0.15, -0.1) is 0 Å². The highest BCUT2D eigenvalue weighted by molar-refractivity contribution is 5.82. The van der Waals surface area contributed by atoms with Crippen LogP contribution in [0.15, 0.2) is 18.2 Å². The van der Waals surface area contributed by atoms with Crippen LogP contribution in [0.4, 0.5) is 0 Å². The Morgan fingerprint density at radius 3 is 2.41 bits per heavy atom. The molecule has 1 aromatic carbocycles. The smallest absolute Gasteiger partial charge is 0.326 e. The van der Waals surface area contributed by atoms with Crippen LogP contribution in [-0.2, 0) is 16.0 Å². The second-order valence-corrected chi connectivity index (χ2v) is 4.21. The summed E-state index contributed by atoms with van der Waals surface area (Å²) in [5, 5.41) is 11.4. The molecule has 0 saturated carbocycles. The van der Waals surface area contributed by atoms with Crippen molar-refractivity contribution in [3.63, 3.8) is 0 Å². The van der Waals surface area contributed by atoms with Crippen LogP contribution in [0.2, 0.25) is 0 Å². The first-order valence-corrected chi connectivity index (χ1v) is 5.46. The van der Waals surface area contributed by atoms with Gasteiger partial charge in [0.2, 0.25) is 5.91 Å². The fourth-order valence-electron chi connectivity index (χ4n) is 1.61. The molecule has 0 aromatic heterocycles. The summed E-state index contributed by atoms with van der Waals surface area (Å²) in [5.74, 6) is -1.35. The first-order valence-electron chi connectivity index (χ1n) is 5.46. The summed E-state index contributed by atoms with van der Waals surface area (Å²) in [6.07, 6.45) is 0.302. The van der Waals surface area contributed by atoms with Gasteiger partial charge in [-0.1, -0.05) is 18.2 Å². The van der Waals surface area contributed by atoms with E-state index >= 15 is 0 Å². The number of hydrogen-bond donors (Lipinski definition) is 2. The molecular formula is C13H17NO3. The first kappa shape index (κ1) is 13.2. The number of benzene rings is 1. The maximum absolute atomic E-state index is 11.0. The van der Waals surface area contributed by atoms with E-state index in [9.17, 15) is 9.59 Å². The van der Waals surface area contributed by atoms with Crippen molar-refractivity contribution in [2.75, 3.05) is 0 Å². The Kier molecular flexibility index (Phi) is 4.26. The molecule has 0 bridgehead atoms. The number of nitrogens with one attached hydrogen (secondary N) is 1. The highest BCUT2D eigenvalue weighted by atomic mass is 16.4. The number of carbonyl (C=O) groups excluding carboxylic acids is 1. The molecule has 0 fully saturated rings. The minimum Gasteiger partial charge on any atom is -0.480 e. The summed E-state index contributed by atoms with van der Waals surface area (Å²) < 4.78 is 0. The van der Waals surface area contributed by atoms with E-state index < -0.39 is 12.0 Å². The number of carboxylic acids is 1. The predicted octanol–water partition coefficient (Wildman–Crippen LogP) is 1.44. The third-order valence-electron chi connectivity index (χ3n) is 2.69. The minimum atomic E-state index is -1.02. The van der Waals surface area contributed by atoms with Crippen molar-refractivity contribution in [1.29, 1.82) is 0 Å². The first-order chi connectivity index (χ1) is 7.90. The van der Waals surface area contributed by atoms with E-state index in [4.69, 9.17) is 5.11 Å². The molecule has 4 nitrogen and oxygen atoms in total. The molecule has 1 rings (SSSR count). The quantitative estimate of drug-likeness (QED) is 0.829. The molecule has 17 heavy (non-hydrogen) atoms. The van der Waals surface area contributed by atoms with Gasteiger partial charge in [0, 0.05) is 13.3 Å². The number of rotatable bonds is 4. The van der Waals surface area contributed by atoms with Gasteiger partial charge in [-0.3, -0.25) is 4.79 Å². The van der Waals surface area contributed by atoms with E-state index in [1.54, 1.807) is 0 Å². The second kappa shape index (κ2) is 5.48. The predicted molar refractivity (Wildman–Crippen MR) is 64.9 cm³/mol. The molecule has 0 radical (unpaired) electrons. The van der Waals surface area contributed by atoms with Gasteiger partial charge in [0.05, 0.1) is 0 Å². The average Bonchev–Trinajstić information content (AvgIpc) is 2.21. The summed E-state index contributed by atoms with van der Waals surface area (Å²) in [6.45, 7) is 5.30. The summed E-state index contributed by atoms with van der Waals surface area (Å²) in [4.78, 5) is 21.9. The Balaban J connectivity index is 2.82. The molecule has 0 heterocycles. The molecule has 0 saturated heterocycles. The van der Waals surface area contributed by atoms with Gasteiger partial charge in [0.25, 0.3) is 0 Å². The number of hydrogen-bond acceptors (Lipinski definition) is 2. The van der Waals surface area contributed by atoms with Crippen LogP contribution in [0.3, 0.4) is 0 Å². The van der Waals surface area contributed by atoms with Crippen molar-refractivity contribution < 1.29 is 14.7 Å². The van der Waals surface area contributed by atoms with Crippen molar-refractivity contribution >= 4 is 11.9 Å². The Bertz CT molecular complexity index is 440. The number of aliphatic carboxylic acids is 1.